The maximum Gasteiger partial charge on any atom is 0.250 e. The molecule has 2 aromatic carbocycles. The molecule has 8 heteroatoms. The predicted molar refractivity (Wildman–Crippen MR) is 115 cm³/mol. The van der Waals surface area contributed by atoms with Gasteiger partial charge in [-0.05, 0) is 49.2 Å². The number of carbonyl (C=O) groups excluding carboxylic acids is 2. The number of hydrogen-bond donors (Lipinski definition) is 4. The molecule has 4 rings (SSSR count). The van der Waals surface area contributed by atoms with Gasteiger partial charge in [0.15, 0.2) is 0 Å². The fourth-order valence-corrected chi connectivity index (χ4v) is 3.69. The van der Waals surface area contributed by atoms with E-state index in [2.05, 4.69) is 25.9 Å². The van der Waals surface area contributed by atoms with Crippen molar-refractivity contribution < 1.29 is 9.59 Å². The van der Waals surface area contributed by atoms with Gasteiger partial charge in [-0.1, -0.05) is 18.2 Å². The summed E-state index contributed by atoms with van der Waals surface area (Å²) in [7, 11) is 0. The highest BCUT2D eigenvalue weighted by Crippen LogP contribution is 2.25. The number of amides is 2. The Morgan fingerprint density at radius 3 is 2.83 bits per heavy atom. The van der Waals surface area contributed by atoms with Gasteiger partial charge in [0, 0.05) is 24.2 Å². The van der Waals surface area contributed by atoms with Gasteiger partial charge in [0.2, 0.25) is 5.91 Å². The first-order valence-corrected chi connectivity index (χ1v) is 10.00. The molecule has 0 bridgehead atoms. The Labute approximate surface area is 174 Å². The lowest BCUT2D eigenvalue weighted by molar-refractivity contribution is -0.125. The van der Waals surface area contributed by atoms with E-state index in [1.165, 1.54) is 6.33 Å². The number of anilines is 2. The van der Waals surface area contributed by atoms with Crippen molar-refractivity contribution in [2.75, 3.05) is 18.4 Å². The molecule has 1 saturated heterocycles. The molecule has 2 amide bonds. The van der Waals surface area contributed by atoms with Crippen molar-refractivity contribution in [3.8, 4) is 0 Å². The highest BCUT2D eigenvalue weighted by Gasteiger charge is 2.20. The van der Waals surface area contributed by atoms with Crippen LogP contribution in [0.5, 0.6) is 0 Å². The SMILES string of the molecule is NC(=O)c1cccc2c(Nc3cccc(CNC(=O)C4CCCNC4)c3)ncnc12. The molecule has 8 nitrogen and oxygen atoms in total. The van der Waals surface area contributed by atoms with Crippen LogP contribution >= 0.6 is 0 Å². The van der Waals surface area contributed by atoms with E-state index in [-0.39, 0.29) is 11.8 Å². The zero-order valence-corrected chi connectivity index (χ0v) is 16.5. The average Bonchev–Trinajstić information content (AvgIpc) is 2.78. The largest absolute Gasteiger partial charge is 0.366 e. The quantitative estimate of drug-likeness (QED) is 0.499. The van der Waals surface area contributed by atoms with E-state index in [1.807, 2.05) is 30.3 Å². The normalized spacial score (nSPS) is 16.2. The molecule has 0 spiro atoms. The molecule has 0 radical (unpaired) electrons. The van der Waals surface area contributed by atoms with Gasteiger partial charge in [-0.3, -0.25) is 9.59 Å². The van der Waals surface area contributed by atoms with E-state index in [0.29, 0.717) is 28.8 Å². The maximum atomic E-state index is 12.4. The molecule has 3 aromatic rings. The van der Waals surface area contributed by atoms with Crippen LogP contribution in [0.25, 0.3) is 10.9 Å². The summed E-state index contributed by atoms with van der Waals surface area (Å²) < 4.78 is 0. The van der Waals surface area contributed by atoms with Gasteiger partial charge in [-0.2, -0.15) is 0 Å². The first-order valence-electron chi connectivity index (χ1n) is 10.00. The summed E-state index contributed by atoms with van der Waals surface area (Å²) in [5.74, 6) is 0.168. The summed E-state index contributed by atoms with van der Waals surface area (Å²) in [4.78, 5) is 32.6. The molecular formula is C22H24N6O2. The molecule has 0 aliphatic carbocycles. The standard InChI is InChI=1S/C22H24N6O2/c23-20(29)17-7-2-8-18-19(17)26-13-27-21(18)28-16-6-1-4-14(10-16)11-25-22(30)15-5-3-9-24-12-15/h1-2,4,6-8,10,13,15,24H,3,5,9,11-12H2,(H2,23,29)(H,25,30)(H,26,27,28). The van der Waals surface area contributed by atoms with E-state index in [9.17, 15) is 9.59 Å². The van der Waals surface area contributed by atoms with Crippen molar-refractivity contribution >= 4 is 34.2 Å². The first-order chi connectivity index (χ1) is 14.6. The van der Waals surface area contributed by atoms with Crippen LogP contribution < -0.4 is 21.7 Å². The number of hydrogen-bond acceptors (Lipinski definition) is 6. The van der Waals surface area contributed by atoms with Crippen molar-refractivity contribution in [2.24, 2.45) is 11.7 Å². The Kier molecular flexibility index (Phi) is 5.85. The smallest absolute Gasteiger partial charge is 0.250 e. The van der Waals surface area contributed by atoms with Crippen molar-refractivity contribution in [3.05, 3.63) is 59.9 Å². The molecule has 1 aliphatic rings. The van der Waals surface area contributed by atoms with Crippen molar-refractivity contribution in [1.29, 1.82) is 0 Å². The second kappa shape index (κ2) is 8.87. The Morgan fingerprint density at radius 1 is 1.17 bits per heavy atom. The lowest BCUT2D eigenvalue weighted by Crippen LogP contribution is -2.40. The summed E-state index contributed by atoms with van der Waals surface area (Å²) in [6.07, 6.45) is 3.36. The molecule has 1 unspecified atom stereocenters. The van der Waals surface area contributed by atoms with Crippen molar-refractivity contribution in [1.82, 2.24) is 20.6 Å². The lowest BCUT2D eigenvalue weighted by Gasteiger charge is -2.22. The van der Waals surface area contributed by atoms with Crippen LogP contribution in [-0.4, -0.2) is 34.9 Å². The number of aromatic nitrogens is 2. The summed E-state index contributed by atoms with van der Waals surface area (Å²) in [6.45, 7) is 2.18. The number of rotatable bonds is 6. The van der Waals surface area contributed by atoms with Gasteiger partial charge in [-0.25, -0.2) is 9.97 Å². The molecule has 30 heavy (non-hydrogen) atoms. The highest BCUT2D eigenvalue weighted by molar-refractivity contribution is 6.07. The third kappa shape index (κ3) is 4.38. The number of para-hydroxylation sites is 1. The Balaban J connectivity index is 1.49. The van der Waals surface area contributed by atoms with Gasteiger partial charge in [0.05, 0.1) is 17.0 Å². The predicted octanol–water partition coefficient (Wildman–Crippen LogP) is 2.09. The fraction of sp³-hybridized carbons (Fsp3) is 0.273. The number of nitrogens with two attached hydrogens (primary N) is 1. The number of primary amides is 1. The van der Waals surface area contributed by atoms with Crippen LogP contribution in [0, 0.1) is 5.92 Å². The van der Waals surface area contributed by atoms with Gasteiger partial charge >= 0.3 is 0 Å². The Bertz CT molecular complexity index is 1080. The summed E-state index contributed by atoms with van der Waals surface area (Å²) >= 11 is 0. The number of nitrogens with zero attached hydrogens (tertiary/aromatic N) is 2. The third-order valence-electron chi connectivity index (χ3n) is 5.25. The molecule has 1 aliphatic heterocycles. The maximum absolute atomic E-state index is 12.4. The van der Waals surface area contributed by atoms with Crippen LogP contribution in [0.3, 0.4) is 0 Å². The molecule has 154 valence electrons. The van der Waals surface area contributed by atoms with Gasteiger partial charge < -0.3 is 21.7 Å². The summed E-state index contributed by atoms with van der Waals surface area (Å²) in [5, 5.41) is 10.3. The molecule has 5 N–H and O–H groups in total. The zero-order chi connectivity index (χ0) is 20.9. The average molecular weight is 404 g/mol. The fourth-order valence-electron chi connectivity index (χ4n) is 3.69. The van der Waals surface area contributed by atoms with E-state index in [4.69, 9.17) is 5.73 Å². The van der Waals surface area contributed by atoms with Crippen LogP contribution in [0.1, 0.15) is 28.8 Å². The van der Waals surface area contributed by atoms with Crippen LogP contribution in [-0.2, 0) is 11.3 Å². The molecule has 1 fully saturated rings. The molecular weight excluding hydrogens is 380 g/mol. The number of nitrogens with one attached hydrogen (secondary N) is 3. The summed E-state index contributed by atoms with van der Waals surface area (Å²) in [5.41, 5.74) is 8.12. The molecule has 2 heterocycles. The van der Waals surface area contributed by atoms with Crippen molar-refractivity contribution in [3.63, 3.8) is 0 Å². The van der Waals surface area contributed by atoms with Gasteiger partial charge in [0.1, 0.15) is 12.1 Å². The number of carbonyl (C=O) groups is 2. The first kappa shape index (κ1) is 19.8. The van der Waals surface area contributed by atoms with E-state index in [1.54, 1.807) is 12.1 Å². The second-order valence-corrected chi connectivity index (χ2v) is 7.37. The van der Waals surface area contributed by atoms with Gasteiger partial charge in [0.25, 0.3) is 5.91 Å². The monoisotopic (exact) mass is 404 g/mol. The zero-order valence-electron chi connectivity index (χ0n) is 16.5. The lowest BCUT2D eigenvalue weighted by atomic mass is 9.99. The Morgan fingerprint density at radius 2 is 2.03 bits per heavy atom. The van der Waals surface area contributed by atoms with Crippen molar-refractivity contribution in [2.45, 2.75) is 19.4 Å². The topological polar surface area (TPSA) is 122 Å². The summed E-state index contributed by atoms with van der Waals surface area (Å²) in [6, 6.07) is 13.0. The van der Waals surface area contributed by atoms with Gasteiger partial charge in [-0.15, -0.1) is 0 Å². The number of piperidine rings is 1. The van der Waals surface area contributed by atoms with Crippen LogP contribution in [0.15, 0.2) is 48.8 Å². The third-order valence-corrected chi connectivity index (χ3v) is 5.25. The molecule has 0 saturated carbocycles. The molecule has 1 atom stereocenters. The van der Waals surface area contributed by atoms with E-state index in [0.717, 1.165) is 37.2 Å². The molecule has 1 aromatic heterocycles. The number of fused-ring (bicyclic) bond motifs is 1. The highest BCUT2D eigenvalue weighted by atomic mass is 16.2. The minimum absolute atomic E-state index is 0.0342. The minimum Gasteiger partial charge on any atom is -0.366 e. The second-order valence-electron chi connectivity index (χ2n) is 7.37. The van der Waals surface area contributed by atoms with E-state index < -0.39 is 5.91 Å². The van der Waals surface area contributed by atoms with Crippen LogP contribution in [0.2, 0.25) is 0 Å². The Hall–Kier alpha value is -3.52. The minimum atomic E-state index is -0.531. The number of benzene rings is 2. The van der Waals surface area contributed by atoms with E-state index >= 15 is 0 Å². The van der Waals surface area contributed by atoms with Crippen LogP contribution in [0.4, 0.5) is 11.5 Å².